The zero-order valence-corrected chi connectivity index (χ0v) is 19.1. The summed E-state index contributed by atoms with van der Waals surface area (Å²) < 4.78 is 45.6. The van der Waals surface area contributed by atoms with Gasteiger partial charge in [0.1, 0.15) is 12.1 Å². The lowest BCUT2D eigenvalue weighted by molar-refractivity contribution is 0.0982. The second-order valence-electron chi connectivity index (χ2n) is 7.17. The number of thioether (sulfide) groups is 1. The van der Waals surface area contributed by atoms with Crippen LogP contribution in [0.1, 0.15) is 40.9 Å². The van der Waals surface area contributed by atoms with Gasteiger partial charge in [-0.25, -0.2) is 27.5 Å². The maximum absolute atomic E-state index is 13.5. The van der Waals surface area contributed by atoms with Crippen molar-refractivity contribution in [3.8, 4) is 5.69 Å². The van der Waals surface area contributed by atoms with Crippen LogP contribution in [0.25, 0.3) is 5.69 Å². The number of aromatic nitrogens is 6. The van der Waals surface area contributed by atoms with E-state index in [2.05, 4.69) is 30.8 Å². The van der Waals surface area contributed by atoms with Gasteiger partial charge >= 0.3 is 0 Å². The van der Waals surface area contributed by atoms with E-state index in [1.165, 1.54) is 28.8 Å². The number of tetrazole rings is 1. The largest absolute Gasteiger partial charge is 0.294 e. The van der Waals surface area contributed by atoms with E-state index < -0.39 is 17.8 Å². The first kappa shape index (κ1) is 25.0. The third-order valence-corrected chi connectivity index (χ3v) is 5.87. The molecule has 36 heavy (non-hydrogen) atoms. The van der Waals surface area contributed by atoms with Crippen molar-refractivity contribution in [3.05, 3.63) is 71.4 Å². The molecule has 0 saturated heterocycles. The van der Waals surface area contributed by atoms with Gasteiger partial charge in [0.25, 0.3) is 6.43 Å². The number of hydrogen-bond donors (Lipinski definition) is 2. The number of nitrogens with one attached hydrogen (secondary N) is 1. The number of alkyl halides is 2. The Bertz CT molecular complexity index is 1350. The number of nitrogens with zero attached hydrogens (tertiary/aromatic N) is 7. The fraction of sp³-hybridized carbons (Fsp3) is 0.190. The molecule has 0 saturated carbocycles. The Hall–Kier alpha value is -4.11. The first-order valence-corrected chi connectivity index (χ1v) is 11.3. The molecule has 4 rings (SSSR count). The van der Waals surface area contributed by atoms with Crippen molar-refractivity contribution in [3.63, 3.8) is 0 Å². The first-order valence-electron chi connectivity index (χ1n) is 10.3. The molecular formula is C21H17F3N8O3S. The van der Waals surface area contributed by atoms with E-state index in [0.717, 1.165) is 17.8 Å². The second kappa shape index (κ2) is 11.5. The van der Waals surface area contributed by atoms with Gasteiger partial charge in [0.05, 0.1) is 16.9 Å². The average molecular weight is 518 g/mol. The zero-order chi connectivity index (χ0) is 25.5. The van der Waals surface area contributed by atoms with E-state index in [1.807, 2.05) is 5.48 Å². The van der Waals surface area contributed by atoms with Gasteiger partial charge in [-0.05, 0) is 69.6 Å². The highest BCUT2D eigenvalue weighted by Gasteiger charge is 2.19. The number of carbonyl (C=O) groups is 1. The maximum Gasteiger partial charge on any atom is 0.266 e. The summed E-state index contributed by atoms with van der Waals surface area (Å²) >= 11 is 1.20. The van der Waals surface area contributed by atoms with Crippen LogP contribution in [0.15, 0.2) is 63.4 Å². The third kappa shape index (κ3) is 5.92. The number of carbonyl (C=O) groups excluding carboxylic acids is 1. The Morgan fingerprint density at radius 2 is 2.00 bits per heavy atom. The zero-order valence-electron chi connectivity index (χ0n) is 18.3. The second-order valence-corrected chi connectivity index (χ2v) is 8.26. The summed E-state index contributed by atoms with van der Waals surface area (Å²) in [6.45, 7) is 0. The topological polar surface area (TPSA) is 144 Å². The number of aliphatic imine (C=N–C) groups is 1. The minimum absolute atomic E-state index is 0.0231. The Morgan fingerprint density at radius 1 is 1.19 bits per heavy atom. The van der Waals surface area contributed by atoms with Gasteiger partial charge < -0.3 is 0 Å². The summed E-state index contributed by atoms with van der Waals surface area (Å²) in [6, 6.07) is 9.73. The Kier molecular flexibility index (Phi) is 8.02. The highest BCUT2D eigenvalue weighted by molar-refractivity contribution is 7.99. The van der Waals surface area contributed by atoms with Crippen LogP contribution in [-0.2, 0) is 0 Å². The fourth-order valence-corrected chi connectivity index (χ4v) is 3.91. The maximum atomic E-state index is 13.5. The van der Waals surface area contributed by atoms with Crippen LogP contribution in [0.2, 0.25) is 0 Å². The molecule has 0 aliphatic heterocycles. The predicted molar refractivity (Wildman–Crippen MR) is 120 cm³/mol. The Labute approximate surface area is 205 Å². The molecule has 2 aromatic carbocycles. The van der Waals surface area contributed by atoms with Crippen LogP contribution in [0.3, 0.4) is 0 Å². The lowest BCUT2D eigenvalue weighted by atomic mass is 10.1. The molecular weight excluding hydrogens is 501 g/mol. The molecule has 2 N–H and O–H groups in total. The van der Waals surface area contributed by atoms with Gasteiger partial charge in [0.15, 0.2) is 22.3 Å². The van der Waals surface area contributed by atoms with E-state index in [0.29, 0.717) is 17.7 Å². The van der Waals surface area contributed by atoms with Crippen molar-refractivity contribution < 1.29 is 27.8 Å². The molecule has 15 heteroatoms. The van der Waals surface area contributed by atoms with Crippen LogP contribution in [-0.4, -0.2) is 53.1 Å². The van der Waals surface area contributed by atoms with Gasteiger partial charge in [0.2, 0.25) is 0 Å². The van der Waals surface area contributed by atoms with Gasteiger partial charge in [0, 0.05) is 17.7 Å². The molecule has 0 aliphatic rings. The predicted octanol–water partition coefficient (Wildman–Crippen LogP) is 3.93. The number of halogens is 3. The van der Waals surface area contributed by atoms with Gasteiger partial charge in [-0.2, -0.15) is 0 Å². The van der Waals surface area contributed by atoms with E-state index >= 15 is 0 Å². The summed E-state index contributed by atoms with van der Waals surface area (Å²) in [5.74, 6) is -0.896. The van der Waals surface area contributed by atoms with Crippen molar-refractivity contribution in [2.75, 3.05) is 5.75 Å². The molecule has 11 nitrogen and oxygen atoms in total. The monoisotopic (exact) mass is 518 g/mol. The van der Waals surface area contributed by atoms with Crippen molar-refractivity contribution in [2.24, 2.45) is 4.99 Å². The van der Waals surface area contributed by atoms with E-state index in [4.69, 9.17) is 4.63 Å². The summed E-state index contributed by atoms with van der Waals surface area (Å²) in [5, 5.41) is 28.1. The van der Waals surface area contributed by atoms with E-state index in [-0.39, 0.29) is 34.4 Å². The smallest absolute Gasteiger partial charge is 0.266 e. The molecule has 186 valence electrons. The molecule has 0 spiro atoms. The van der Waals surface area contributed by atoms with Gasteiger partial charge in [-0.3, -0.25) is 15.5 Å². The Balaban J connectivity index is 1.35. The lowest BCUT2D eigenvalue weighted by Gasteiger charge is -2.06. The first-order chi connectivity index (χ1) is 17.5. The van der Waals surface area contributed by atoms with Crippen molar-refractivity contribution in [2.45, 2.75) is 24.3 Å². The minimum atomic E-state index is -3.03. The van der Waals surface area contributed by atoms with Crippen LogP contribution in [0, 0.1) is 5.82 Å². The number of ketones is 1. The molecule has 0 bridgehead atoms. The number of Topliss-reactive ketones (excluding diaryl/α,β-unsaturated/α-hetero) is 1. The SMILES string of the molecule is O=C(CCCSc1nonc1C(=Nc1ccc(F)c(C(F)F)c1)NO)c1ccc(-n2cnnn2)cc1. The summed E-state index contributed by atoms with van der Waals surface area (Å²) in [5.41, 5.74) is 2.25. The summed E-state index contributed by atoms with van der Waals surface area (Å²) in [4.78, 5) is 16.5. The van der Waals surface area contributed by atoms with E-state index in [9.17, 15) is 23.2 Å². The number of amidine groups is 1. The van der Waals surface area contributed by atoms with Crippen molar-refractivity contribution in [1.29, 1.82) is 0 Å². The van der Waals surface area contributed by atoms with Crippen molar-refractivity contribution >= 4 is 29.1 Å². The van der Waals surface area contributed by atoms with Crippen LogP contribution in [0.4, 0.5) is 18.9 Å². The van der Waals surface area contributed by atoms with Crippen LogP contribution >= 0.6 is 11.8 Å². The molecule has 0 unspecified atom stereocenters. The highest BCUT2D eigenvalue weighted by Crippen LogP contribution is 2.27. The molecule has 0 atom stereocenters. The third-order valence-electron chi connectivity index (χ3n) is 4.83. The molecule has 0 aliphatic carbocycles. The number of rotatable bonds is 10. The highest BCUT2D eigenvalue weighted by atomic mass is 32.2. The summed E-state index contributed by atoms with van der Waals surface area (Å²) in [6.07, 6.45) is -0.816. The fourth-order valence-electron chi connectivity index (χ4n) is 3.07. The molecule has 0 fully saturated rings. The molecule has 2 aromatic heterocycles. The molecule has 0 amide bonds. The lowest BCUT2D eigenvalue weighted by Crippen LogP contribution is -2.21. The Morgan fingerprint density at radius 3 is 2.69 bits per heavy atom. The summed E-state index contributed by atoms with van der Waals surface area (Å²) in [7, 11) is 0. The quantitative estimate of drug-likeness (QED) is 0.0791. The molecule has 2 heterocycles. The van der Waals surface area contributed by atoms with Crippen molar-refractivity contribution in [1.82, 2.24) is 36.0 Å². The standard InChI is InChI=1S/C21H17F3N8O3S/c22-16-8-5-13(10-15(16)19(23)24)26-20(27-34)18-21(29-35-28-18)36-9-1-2-17(33)12-3-6-14(7-4-12)32-11-25-30-31-32/h3-8,10-11,19,34H,1-2,9H2,(H,26,27). The van der Waals surface area contributed by atoms with Gasteiger partial charge in [-0.1, -0.05) is 0 Å². The number of benzene rings is 2. The average Bonchev–Trinajstić information content (AvgIpc) is 3.58. The molecule has 4 aromatic rings. The number of hydrogen-bond acceptors (Lipinski definition) is 10. The minimum Gasteiger partial charge on any atom is -0.294 e. The van der Waals surface area contributed by atoms with Crippen LogP contribution in [0.5, 0.6) is 0 Å². The van der Waals surface area contributed by atoms with Gasteiger partial charge in [-0.15, -0.1) is 16.9 Å². The molecule has 0 radical (unpaired) electrons. The van der Waals surface area contributed by atoms with Crippen LogP contribution < -0.4 is 5.48 Å². The van der Waals surface area contributed by atoms with E-state index in [1.54, 1.807) is 24.3 Å². The number of hydroxylamine groups is 1. The normalized spacial score (nSPS) is 11.8.